The molecule has 2 atom stereocenters. The molecule has 6 aliphatic rings. The summed E-state index contributed by atoms with van der Waals surface area (Å²) >= 11 is 0. The molecule has 7 aromatic rings. The lowest BCUT2D eigenvalue weighted by Gasteiger charge is -2.39. The van der Waals surface area contributed by atoms with Gasteiger partial charge in [-0.1, -0.05) is 201 Å². The Balaban J connectivity index is 0.910. The summed E-state index contributed by atoms with van der Waals surface area (Å²) in [6, 6.07) is 67.1. The fourth-order valence-corrected chi connectivity index (χ4v) is 13.4. The Kier molecular flexibility index (Phi) is 13.0. The van der Waals surface area contributed by atoms with Crippen LogP contribution in [0.25, 0.3) is 22.3 Å². The lowest BCUT2D eigenvalue weighted by Crippen LogP contribution is -2.30. The normalized spacial score (nSPS) is 19.3. The lowest BCUT2D eigenvalue weighted by atomic mass is 9.67. The van der Waals surface area contributed by atoms with Crippen LogP contribution in [-0.4, -0.2) is 0 Å². The fraction of sp³-hybridized carbons (Fsp3) is 0.189. The topological polar surface area (TPSA) is 6.48 Å². The van der Waals surface area contributed by atoms with Crippen molar-refractivity contribution in [3.8, 4) is 11.1 Å². The maximum atomic E-state index is 2.63. The van der Waals surface area contributed by atoms with Gasteiger partial charge in [0.1, 0.15) is 0 Å². The van der Waals surface area contributed by atoms with Crippen LogP contribution in [0, 0.1) is 5.92 Å². The Hall–Kier alpha value is -8.20. The van der Waals surface area contributed by atoms with Crippen molar-refractivity contribution in [1.29, 1.82) is 0 Å². The first-order valence-electron chi connectivity index (χ1n) is 28.0. The van der Waals surface area contributed by atoms with Crippen LogP contribution >= 0.6 is 0 Å². The summed E-state index contributed by atoms with van der Waals surface area (Å²) in [7, 11) is 0. The van der Waals surface area contributed by atoms with Gasteiger partial charge in [-0.05, 0) is 203 Å². The Morgan fingerprint density at radius 3 is 1.34 bits per heavy atom. The summed E-state index contributed by atoms with van der Waals surface area (Å²) in [5.41, 5.74) is 24.5. The van der Waals surface area contributed by atoms with Gasteiger partial charge in [-0.2, -0.15) is 0 Å². The molecule has 2 nitrogen and oxygen atoms in total. The third kappa shape index (κ3) is 8.84. The highest BCUT2D eigenvalue weighted by atomic mass is 15.2. The zero-order valence-corrected chi connectivity index (χ0v) is 43.8. The third-order valence-corrected chi connectivity index (χ3v) is 17.2. The molecule has 372 valence electrons. The fourth-order valence-electron chi connectivity index (χ4n) is 13.4. The molecule has 2 heteroatoms. The lowest BCUT2D eigenvalue weighted by molar-refractivity contribution is 0.481. The molecule has 0 spiro atoms. The molecule has 0 radical (unpaired) electrons. The second-order valence-corrected chi connectivity index (χ2v) is 21.6. The number of rotatable bonds is 12. The van der Waals surface area contributed by atoms with Gasteiger partial charge in [0.05, 0.1) is 5.41 Å². The van der Waals surface area contributed by atoms with Gasteiger partial charge in [-0.3, -0.25) is 0 Å². The molecule has 0 aliphatic heterocycles. The first kappa shape index (κ1) is 47.5. The van der Waals surface area contributed by atoms with E-state index in [9.17, 15) is 0 Å². The molecule has 76 heavy (non-hydrogen) atoms. The number of fused-ring (bicyclic) bond motifs is 3. The van der Waals surface area contributed by atoms with E-state index in [4.69, 9.17) is 0 Å². The summed E-state index contributed by atoms with van der Waals surface area (Å²) in [4.78, 5) is 5.06. The van der Waals surface area contributed by atoms with Gasteiger partial charge in [0.25, 0.3) is 0 Å². The predicted molar refractivity (Wildman–Crippen MR) is 321 cm³/mol. The Morgan fingerprint density at radius 2 is 0.868 bits per heavy atom. The monoisotopic (exact) mass is 983 g/mol. The van der Waals surface area contributed by atoms with Gasteiger partial charge >= 0.3 is 0 Å². The van der Waals surface area contributed by atoms with E-state index in [2.05, 4.69) is 266 Å². The zero-order valence-electron chi connectivity index (χ0n) is 43.8. The Bertz CT molecular complexity index is 3450. The molecule has 0 saturated heterocycles. The highest BCUT2D eigenvalue weighted by Crippen LogP contribution is 2.57. The van der Waals surface area contributed by atoms with Gasteiger partial charge in [0, 0.05) is 34.1 Å². The molecule has 6 aliphatic carbocycles. The largest absolute Gasteiger partial charge is 0.318 e. The van der Waals surface area contributed by atoms with Crippen molar-refractivity contribution in [2.75, 3.05) is 9.80 Å². The molecule has 2 unspecified atom stereocenters. The van der Waals surface area contributed by atoms with Crippen LogP contribution in [0.2, 0.25) is 0 Å². The van der Waals surface area contributed by atoms with E-state index >= 15 is 0 Å². The summed E-state index contributed by atoms with van der Waals surface area (Å²) in [6.45, 7) is 2.45. The first-order valence-corrected chi connectivity index (χ1v) is 28.0. The molecule has 0 N–H and O–H groups in total. The molecule has 13 rings (SSSR count). The van der Waals surface area contributed by atoms with E-state index < -0.39 is 5.41 Å². The highest BCUT2D eigenvalue weighted by Gasteiger charge is 2.46. The zero-order chi connectivity index (χ0) is 50.8. The van der Waals surface area contributed by atoms with Crippen molar-refractivity contribution >= 4 is 33.9 Å². The minimum atomic E-state index is -0.544. The second kappa shape index (κ2) is 20.8. The summed E-state index contributed by atoms with van der Waals surface area (Å²) in [5, 5.41) is 0. The molecule has 0 amide bonds. The maximum absolute atomic E-state index is 2.63. The van der Waals surface area contributed by atoms with E-state index in [1.807, 2.05) is 0 Å². The van der Waals surface area contributed by atoms with E-state index in [0.29, 0.717) is 11.8 Å². The van der Waals surface area contributed by atoms with Crippen molar-refractivity contribution in [2.45, 2.75) is 82.5 Å². The molecular formula is C74H66N2. The minimum Gasteiger partial charge on any atom is -0.318 e. The Morgan fingerprint density at radius 1 is 0.408 bits per heavy atom. The van der Waals surface area contributed by atoms with E-state index in [-0.39, 0.29) is 0 Å². The van der Waals surface area contributed by atoms with Crippen molar-refractivity contribution in [2.24, 2.45) is 5.92 Å². The van der Waals surface area contributed by atoms with Crippen molar-refractivity contribution in [3.63, 3.8) is 0 Å². The van der Waals surface area contributed by atoms with E-state index in [1.165, 1.54) is 89.4 Å². The molecule has 0 bridgehead atoms. The first-order chi connectivity index (χ1) is 37.6. The smallest absolute Gasteiger partial charge is 0.0713 e. The molecule has 0 aromatic heterocycles. The molecular weight excluding hydrogens is 917 g/mol. The van der Waals surface area contributed by atoms with Crippen LogP contribution in [0.1, 0.15) is 116 Å². The molecule has 0 heterocycles. The van der Waals surface area contributed by atoms with Gasteiger partial charge in [0.15, 0.2) is 0 Å². The van der Waals surface area contributed by atoms with Gasteiger partial charge in [0.2, 0.25) is 0 Å². The molecule has 0 fully saturated rings. The van der Waals surface area contributed by atoms with Crippen LogP contribution in [0.15, 0.2) is 271 Å². The number of allylic oxidation sites excluding steroid dienone is 18. The minimum absolute atomic E-state index is 0.392. The summed E-state index contributed by atoms with van der Waals surface area (Å²) < 4.78 is 0. The quantitative estimate of drug-likeness (QED) is 0.120. The standard InChI is InChI=1S/C74H66N2/c1-53-52-61(57-24-12-5-13-25-57)36-51-73(53)76(67-45-34-60(35-46-67)56-22-10-4-11-23-56)68-49-39-63(40-50-68)74(71-28-16-14-26-69(71)70-27-15-17-29-72(70)74)62-37-47-66(48-38-62)75(64-41-30-58(31-42-64)54-18-6-2-7-19-54)65-43-32-59(33-44-65)55-20-8-3-9-21-55/h2-6,8,10,12-18,20,22,24-34,37-45,47-51,53,61H,7,9,11,19,21,23,35-36,46,52H2,1H3. The van der Waals surface area contributed by atoms with E-state index in [1.54, 1.807) is 0 Å². The van der Waals surface area contributed by atoms with Crippen LogP contribution in [0.4, 0.5) is 22.7 Å². The van der Waals surface area contributed by atoms with Gasteiger partial charge in [-0.15, -0.1) is 0 Å². The second-order valence-electron chi connectivity index (χ2n) is 21.6. The molecule has 7 aromatic carbocycles. The van der Waals surface area contributed by atoms with Crippen molar-refractivity contribution in [3.05, 3.63) is 310 Å². The van der Waals surface area contributed by atoms with Crippen LogP contribution in [0.5, 0.6) is 0 Å². The maximum Gasteiger partial charge on any atom is 0.0713 e. The van der Waals surface area contributed by atoms with Gasteiger partial charge < -0.3 is 9.80 Å². The van der Waals surface area contributed by atoms with Crippen LogP contribution < -0.4 is 9.80 Å². The van der Waals surface area contributed by atoms with E-state index in [0.717, 1.165) is 81.3 Å². The summed E-state index contributed by atoms with van der Waals surface area (Å²) in [6.07, 6.45) is 38.5. The van der Waals surface area contributed by atoms with Crippen LogP contribution in [-0.2, 0) is 5.41 Å². The van der Waals surface area contributed by atoms with Gasteiger partial charge in [-0.25, -0.2) is 0 Å². The van der Waals surface area contributed by atoms with Crippen molar-refractivity contribution in [1.82, 2.24) is 0 Å². The number of anilines is 4. The number of benzene rings is 7. The third-order valence-electron chi connectivity index (χ3n) is 17.2. The summed E-state index contributed by atoms with van der Waals surface area (Å²) in [5.74, 6) is 0.914. The number of hydrogen-bond donors (Lipinski definition) is 0. The predicted octanol–water partition coefficient (Wildman–Crippen LogP) is 19.8. The van der Waals surface area contributed by atoms with Crippen molar-refractivity contribution < 1.29 is 0 Å². The van der Waals surface area contributed by atoms with Crippen LogP contribution in [0.3, 0.4) is 0 Å². The number of hydrogen-bond acceptors (Lipinski definition) is 2. The average Bonchev–Trinajstić information content (AvgIpc) is 3.93. The number of nitrogens with zero attached hydrogens (tertiary/aromatic N) is 2. The highest BCUT2D eigenvalue weighted by molar-refractivity contribution is 5.87. The average molecular weight is 983 g/mol. The molecule has 0 saturated carbocycles. The SMILES string of the molecule is CC1CC(c2ccccc2)CC=C1N(C1=CC=C(C2=CC=CCC2)CC1)c1ccc(C2(c3ccc(N(c4ccc(C5=CC=CCC5)cc4)c4ccc(C5=CC=CCC5)cc4)cc3)c3ccccc3-c3ccccc32)cc1. The Labute approximate surface area is 451 Å².